The minimum Gasteiger partial charge on any atom is -0.372 e. The second-order valence-corrected chi connectivity index (χ2v) is 7.23. The molecule has 27 heavy (non-hydrogen) atoms. The number of rotatable bonds is 4. The Kier molecular flexibility index (Phi) is 5.10. The van der Waals surface area contributed by atoms with Gasteiger partial charge in [-0.2, -0.15) is 0 Å². The minimum atomic E-state index is -0.0382. The van der Waals surface area contributed by atoms with Crippen LogP contribution in [0.25, 0.3) is 11.0 Å². The summed E-state index contributed by atoms with van der Waals surface area (Å²) in [7, 11) is 0. The number of carbonyl (C=O) groups is 1. The van der Waals surface area contributed by atoms with E-state index in [-0.39, 0.29) is 12.5 Å². The Balaban J connectivity index is 1.42. The van der Waals surface area contributed by atoms with E-state index in [0.29, 0.717) is 0 Å². The maximum atomic E-state index is 12.5. The Labute approximate surface area is 160 Å². The highest BCUT2D eigenvalue weighted by Crippen LogP contribution is 2.22. The number of fused-ring (bicyclic) bond motifs is 1. The van der Waals surface area contributed by atoms with E-state index < -0.39 is 0 Å². The first kappa shape index (κ1) is 17.6. The van der Waals surface area contributed by atoms with Crippen molar-refractivity contribution in [3.05, 3.63) is 54.4 Å². The predicted molar refractivity (Wildman–Crippen MR) is 110 cm³/mol. The largest absolute Gasteiger partial charge is 0.372 e. The lowest BCUT2D eigenvalue weighted by Gasteiger charge is -2.22. The molecule has 0 bridgehead atoms. The van der Waals surface area contributed by atoms with Crippen molar-refractivity contribution in [2.75, 3.05) is 23.3 Å². The summed E-state index contributed by atoms with van der Waals surface area (Å²) in [5, 5.41) is 3.01. The molecule has 1 aliphatic rings. The van der Waals surface area contributed by atoms with Gasteiger partial charge >= 0.3 is 0 Å². The smallest absolute Gasteiger partial charge is 0.244 e. The van der Waals surface area contributed by atoms with Crippen LogP contribution in [0.15, 0.2) is 48.5 Å². The molecule has 1 N–H and O–H groups in total. The van der Waals surface area contributed by atoms with E-state index in [0.717, 1.165) is 35.6 Å². The second-order valence-electron chi connectivity index (χ2n) is 7.23. The summed E-state index contributed by atoms with van der Waals surface area (Å²) in [4.78, 5) is 19.5. The summed E-state index contributed by atoms with van der Waals surface area (Å²) in [5.41, 5.74) is 3.98. The molecule has 3 aromatic rings. The van der Waals surface area contributed by atoms with Gasteiger partial charge in [-0.25, -0.2) is 4.98 Å². The van der Waals surface area contributed by atoms with Crippen molar-refractivity contribution < 1.29 is 4.79 Å². The van der Waals surface area contributed by atoms with Crippen LogP contribution in [0.4, 0.5) is 11.4 Å². The summed E-state index contributed by atoms with van der Waals surface area (Å²) >= 11 is 0. The zero-order valence-electron chi connectivity index (χ0n) is 15.8. The van der Waals surface area contributed by atoms with E-state index in [1.165, 1.54) is 31.4 Å². The molecular formula is C22H26N4O. The van der Waals surface area contributed by atoms with Gasteiger partial charge < -0.3 is 14.8 Å². The van der Waals surface area contributed by atoms with Crippen molar-refractivity contribution in [2.24, 2.45) is 0 Å². The lowest BCUT2D eigenvalue weighted by Crippen LogP contribution is -2.23. The predicted octanol–water partition coefficient (Wildman–Crippen LogP) is 4.36. The normalized spacial score (nSPS) is 14.9. The first-order chi connectivity index (χ1) is 13.2. The van der Waals surface area contributed by atoms with Gasteiger partial charge in [-0.15, -0.1) is 0 Å². The molecule has 1 aromatic heterocycles. The summed E-state index contributed by atoms with van der Waals surface area (Å²) in [5.74, 6) is 0.812. The van der Waals surface area contributed by atoms with Crippen molar-refractivity contribution in [2.45, 2.75) is 39.2 Å². The standard InChI is InChI=1S/C22H26N4O/c1-17-23-20-8-4-5-9-21(20)26(17)16-22(27)24-18-10-12-19(13-11-18)25-14-6-2-3-7-15-25/h4-5,8-13H,2-3,6-7,14-16H2,1H3,(H,24,27). The second kappa shape index (κ2) is 7.82. The van der Waals surface area contributed by atoms with Gasteiger partial charge in [0.1, 0.15) is 12.4 Å². The van der Waals surface area contributed by atoms with Gasteiger partial charge in [0.2, 0.25) is 5.91 Å². The molecule has 0 unspecified atom stereocenters. The van der Waals surface area contributed by atoms with Crippen LogP contribution < -0.4 is 10.2 Å². The van der Waals surface area contributed by atoms with Gasteiger partial charge in [-0.05, 0) is 56.2 Å². The van der Waals surface area contributed by atoms with Crippen LogP contribution in [-0.2, 0) is 11.3 Å². The Morgan fingerprint density at radius 3 is 2.44 bits per heavy atom. The van der Waals surface area contributed by atoms with Gasteiger partial charge in [-0.3, -0.25) is 4.79 Å². The van der Waals surface area contributed by atoms with Crippen LogP contribution in [0.2, 0.25) is 0 Å². The van der Waals surface area contributed by atoms with Crippen molar-refractivity contribution >= 4 is 28.3 Å². The number of hydrogen-bond acceptors (Lipinski definition) is 3. The number of carbonyl (C=O) groups excluding carboxylic acids is 1. The molecule has 1 saturated heterocycles. The minimum absolute atomic E-state index is 0.0382. The topological polar surface area (TPSA) is 50.2 Å². The number of hydrogen-bond donors (Lipinski definition) is 1. The Bertz CT molecular complexity index is 921. The number of nitrogens with zero attached hydrogens (tertiary/aromatic N) is 3. The number of aromatic nitrogens is 2. The Hall–Kier alpha value is -2.82. The van der Waals surface area contributed by atoms with Crippen LogP contribution in [0.1, 0.15) is 31.5 Å². The molecule has 2 aromatic carbocycles. The van der Waals surface area contributed by atoms with Crippen LogP contribution in [0.3, 0.4) is 0 Å². The number of amides is 1. The van der Waals surface area contributed by atoms with Crippen molar-refractivity contribution in [3.63, 3.8) is 0 Å². The van der Waals surface area contributed by atoms with E-state index >= 15 is 0 Å². The maximum absolute atomic E-state index is 12.5. The molecule has 5 nitrogen and oxygen atoms in total. The highest BCUT2D eigenvalue weighted by molar-refractivity contribution is 5.92. The molecule has 1 aliphatic heterocycles. The van der Waals surface area contributed by atoms with Gasteiger partial charge in [0.15, 0.2) is 0 Å². The van der Waals surface area contributed by atoms with E-state index in [1.54, 1.807) is 0 Å². The maximum Gasteiger partial charge on any atom is 0.244 e. The molecule has 0 aliphatic carbocycles. The molecule has 0 saturated carbocycles. The van der Waals surface area contributed by atoms with Crippen molar-refractivity contribution in [3.8, 4) is 0 Å². The monoisotopic (exact) mass is 362 g/mol. The average molecular weight is 362 g/mol. The van der Waals surface area contributed by atoms with Crippen LogP contribution in [0.5, 0.6) is 0 Å². The van der Waals surface area contributed by atoms with Gasteiger partial charge in [-0.1, -0.05) is 25.0 Å². The van der Waals surface area contributed by atoms with Crippen LogP contribution >= 0.6 is 0 Å². The fraction of sp³-hybridized carbons (Fsp3) is 0.364. The molecule has 4 rings (SSSR count). The summed E-state index contributed by atoms with van der Waals surface area (Å²) in [6.45, 7) is 4.45. The van der Waals surface area contributed by atoms with Gasteiger partial charge in [0.25, 0.3) is 0 Å². The van der Waals surface area contributed by atoms with Crippen LogP contribution in [-0.4, -0.2) is 28.5 Å². The molecular weight excluding hydrogens is 336 g/mol. The third-order valence-corrected chi connectivity index (χ3v) is 5.27. The number of aryl methyl sites for hydroxylation is 1. The van der Waals surface area contributed by atoms with E-state index in [2.05, 4.69) is 27.3 Å². The quantitative estimate of drug-likeness (QED) is 0.750. The van der Waals surface area contributed by atoms with Gasteiger partial charge in [0.05, 0.1) is 11.0 Å². The highest BCUT2D eigenvalue weighted by Gasteiger charge is 2.12. The van der Waals surface area contributed by atoms with E-state index in [4.69, 9.17) is 0 Å². The molecule has 1 fully saturated rings. The molecule has 5 heteroatoms. The molecule has 0 spiro atoms. The van der Waals surface area contributed by atoms with Crippen molar-refractivity contribution in [1.29, 1.82) is 0 Å². The fourth-order valence-corrected chi connectivity index (χ4v) is 3.82. The lowest BCUT2D eigenvalue weighted by molar-refractivity contribution is -0.116. The third kappa shape index (κ3) is 3.97. The Morgan fingerprint density at radius 2 is 1.70 bits per heavy atom. The van der Waals surface area contributed by atoms with Crippen LogP contribution in [0, 0.1) is 6.92 Å². The molecule has 2 heterocycles. The van der Waals surface area contributed by atoms with Gasteiger partial charge in [0, 0.05) is 24.5 Å². The number of nitrogens with one attached hydrogen (secondary N) is 1. The van der Waals surface area contributed by atoms with E-state index in [1.807, 2.05) is 47.9 Å². The summed E-state index contributed by atoms with van der Waals surface area (Å²) in [6.07, 6.45) is 5.17. The first-order valence-electron chi connectivity index (χ1n) is 9.77. The first-order valence-corrected chi connectivity index (χ1v) is 9.77. The molecule has 1 amide bonds. The fourth-order valence-electron chi connectivity index (χ4n) is 3.82. The number of benzene rings is 2. The number of imidazole rings is 1. The molecule has 0 radical (unpaired) electrons. The zero-order chi connectivity index (χ0) is 18.6. The van der Waals surface area contributed by atoms with E-state index in [9.17, 15) is 4.79 Å². The number of para-hydroxylation sites is 2. The number of anilines is 2. The molecule has 140 valence electrons. The average Bonchev–Trinajstić information content (AvgIpc) is 2.86. The lowest BCUT2D eigenvalue weighted by atomic mass is 10.2. The van der Waals surface area contributed by atoms with Crippen molar-refractivity contribution in [1.82, 2.24) is 9.55 Å². The highest BCUT2D eigenvalue weighted by atomic mass is 16.1. The summed E-state index contributed by atoms with van der Waals surface area (Å²) < 4.78 is 1.95. The zero-order valence-corrected chi connectivity index (χ0v) is 15.8. The summed E-state index contributed by atoms with van der Waals surface area (Å²) in [6, 6.07) is 16.1. The molecule has 0 atom stereocenters. The Morgan fingerprint density at radius 1 is 1.00 bits per heavy atom. The SMILES string of the molecule is Cc1nc2ccccc2n1CC(=O)Nc1ccc(N2CCCCCC2)cc1. The third-order valence-electron chi connectivity index (χ3n) is 5.27.